The maximum absolute atomic E-state index is 12.2. The fourth-order valence-corrected chi connectivity index (χ4v) is 3.13. The minimum absolute atomic E-state index is 0.0433. The van der Waals surface area contributed by atoms with E-state index in [4.69, 9.17) is 11.6 Å². The quantitative estimate of drug-likeness (QED) is 0.839. The molecule has 1 aliphatic rings. The van der Waals surface area contributed by atoms with Crippen LogP contribution in [0.1, 0.15) is 18.4 Å². The highest BCUT2D eigenvalue weighted by molar-refractivity contribution is 6.33. The van der Waals surface area contributed by atoms with E-state index in [1.807, 2.05) is 13.0 Å². The van der Waals surface area contributed by atoms with E-state index in [2.05, 4.69) is 10.6 Å². The molecule has 0 aromatic heterocycles. The second-order valence-corrected chi connectivity index (χ2v) is 7.09. The number of nitrogens with zero attached hydrogens (tertiary/aromatic N) is 2. The lowest BCUT2D eigenvalue weighted by Crippen LogP contribution is -2.47. The molecule has 1 aromatic carbocycles. The molecule has 0 unspecified atom stereocenters. The summed E-state index contributed by atoms with van der Waals surface area (Å²) in [4.78, 5) is 39.4. The zero-order valence-electron chi connectivity index (χ0n) is 15.3. The SMILES string of the molecule is Cc1ccc(NC(=O)CNC(=O)C2CCN(C(=O)N(C)C)CC2)c(Cl)c1. The molecule has 1 aromatic rings. The van der Waals surface area contributed by atoms with Gasteiger partial charge < -0.3 is 20.4 Å². The molecule has 0 radical (unpaired) electrons. The average Bonchev–Trinajstić information content (AvgIpc) is 2.61. The van der Waals surface area contributed by atoms with Gasteiger partial charge in [-0.1, -0.05) is 17.7 Å². The van der Waals surface area contributed by atoms with Crippen LogP contribution in [0.2, 0.25) is 5.02 Å². The molecule has 1 saturated heterocycles. The molecule has 1 heterocycles. The molecule has 8 heteroatoms. The summed E-state index contributed by atoms with van der Waals surface area (Å²) in [7, 11) is 3.42. The minimum Gasteiger partial charge on any atom is -0.347 e. The van der Waals surface area contributed by atoms with Crippen molar-refractivity contribution in [1.82, 2.24) is 15.1 Å². The van der Waals surface area contributed by atoms with Gasteiger partial charge in [-0.2, -0.15) is 0 Å². The third kappa shape index (κ3) is 5.36. The number of hydrogen-bond donors (Lipinski definition) is 2. The van der Waals surface area contributed by atoms with Gasteiger partial charge in [0.05, 0.1) is 17.3 Å². The molecule has 4 amide bonds. The van der Waals surface area contributed by atoms with Crippen LogP contribution in [0, 0.1) is 12.8 Å². The Kier molecular flexibility index (Phi) is 6.85. The number of benzene rings is 1. The smallest absolute Gasteiger partial charge is 0.319 e. The Bertz CT molecular complexity index is 685. The lowest BCUT2D eigenvalue weighted by atomic mass is 9.96. The first-order chi connectivity index (χ1) is 12.3. The van der Waals surface area contributed by atoms with Crippen molar-refractivity contribution in [3.63, 3.8) is 0 Å². The van der Waals surface area contributed by atoms with Crippen molar-refractivity contribution in [3.05, 3.63) is 28.8 Å². The first kappa shape index (κ1) is 20.0. The van der Waals surface area contributed by atoms with Gasteiger partial charge in [-0.05, 0) is 37.5 Å². The summed E-state index contributed by atoms with van der Waals surface area (Å²) in [6, 6.07) is 5.30. The molecule has 0 atom stereocenters. The lowest BCUT2D eigenvalue weighted by Gasteiger charge is -2.33. The summed E-state index contributed by atoms with van der Waals surface area (Å²) in [6.45, 7) is 2.88. The molecule has 142 valence electrons. The van der Waals surface area contributed by atoms with Gasteiger partial charge in [-0.15, -0.1) is 0 Å². The van der Waals surface area contributed by atoms with Crippen LogP contribution in [0.5, 0.6) is 0 Å². The molecular formula is C18H25ClN4O3. The molecule has 26 heavy (non-hydrogen) atoms. The van der Waals surface area contributed by atoms with Crippen LogP contribution in [-0.4, -0.2) is 61.4 Å². The number of anilines is 1. The fraction of sp³-hybridized carbons (Fsp3) is 0.500. The fourth-order valence-electron chi connectivity index (χ4n) is 2.84. The van der Waals surface area contributed by atoms with E-state index >= 15 is 0 Å². The van der Waals surface area contributed by atoms with E-state index < -0.39 is 0 Å². The number of likely N-dealkylation sites (tertiary alicyclic amines) is 1. The summed E-state index contributed by atoms with van der Waals surface area (Å²) in [5.74, 6) is -0.673. The lowest BCUT2D eigenvalue weighted by molar-refractivity contribution is -0.128. The first-order valence-electron chi connectivity index (χ1n) is 8.58. The first-order valence-corrected chi connectivity index (χ1v) is 8.95. The van der Waals surface area contributed by atoms with Crippen LogP contribution in [0.4, 0.5) is 10.5 Å². The van der Waals surface area contributed by atoms with Gasteiger partial charge in [-0.3, -0.25) is 9.59 Å². The zero-order valence-corrected chi connectivity index (χ0v) is 16.1. The predicted molar refractivity (Wildman–Crippen MR) is 101 cm³/mol. The highest BCUT2D eigenvalue weighted by Gasteiger charge is 2.28. The summed E-state index contributed by atoms with van der Waals surface area (Å²) < 4.78 is 0. The number of carbonyl (C=O) groups is 3. The van der Waals surface area contributed by atoms with Crippen molar-refractivity contribution in [2.45, 2.75) is 19.8 Å². The average molecular weight is 381 g/mol. The Hall–Kier alpha value is -2.28. The third-order valence-corrected chi connectivity index (χ3v) is 4.65. The topological polar surface area (TPSA) is 81.8 Å². The van der Waals surface area contributed by atoms with E-state index in [-0.39, 0.29) is 30.3 Å². The van der Waals surface area contributed by atoms with Gasteiger partial charge in [0.15, 0.2) is 0 Å². The highest BCUT2D eigenvalue weighted by atomic mass is 35.5. The van der Waals surface area contributed by atoms with Gasteiger partial charge in [0.1, 0.15) is 0 Å². The summed E-state index contributed by atoms with van der Waals surface area (Å²) in [6.07, 6.45) is 1.19. The van der Waals surface area contributed by atoms with E-state index in [1.165, 1.54) is 4.90 Å². The van der Waals surface area contributed by atoms with Gasteiger partial charge in [-0.25, -0.2) is 4.79 Å². The summed E-state index contributed by atoms with van der Waals surface area (Å²) in [5.41, 5.74) is 1.52. The Balaban J connectivity index is 1.76. The van der Waals surface area contributed by atoms with E-state index in [9.17, 15) is 14.4 Å². The predicted octanol–water partition coefficient (Wildman–Crippen LogP) is 2.10. The van der Waals surface area contributed by atoms with Gasteiger partial charge in [0, 0.05) is 33.1 Å². The van der Waals surface area contributed by atoms with Crippen molar-refractivity contribution in [1.29, 1.82) is 0 Å². The number of nitrogens with one attached hydrogen (secondary N) is 2. The number of aryl methyl sites for hydroxylation is 1. The number of rotatable bonds is 4. The number of halogens is 1. The van der Waals surface area contributed by atoms with Crippen LogP contribution in [-0.2, 0) is 9.59 Å². The van der Waals surface area contributed by atoms with Crippen molar-refractivity contribution < 1.29 is 14.4 Å². The Morgan fingerprint density at radius 2 is 1.88 bits per heavy atom. The second kappa shape index (κ2) is 8.89. The summed E-state index contributed by atoms with van der Waals surface area (Å²) >= 11 is 6.08. The molecule has 2 rings (SSSR count). The minimum atomic E-state index is -0.329. The third-order valence-electron chi connectivity index (χ3n) is 4.34. The monoisotopic (exact) mass is 380 g/mol. The maximum atomic E-state index is 12.2. The molecule has 1 aliphatic heterocycles. The molecule has 2 N–H and O–H groups in total. The molecule has 1 fully saturated rings. The van der Waals surface area contributed by atoms with Crippen LogP contribution in [0.25, 0.3) is 0 Å². The molecule has 0 spiro atoms. The number of urea groups is 1. The van der Waals surface area contributed by atoms with Crippen molar-refractivity contribution in [2.24, 2.45) is 5.92 Å². The normalized spacial score (nSPS) is 14.7. The highest BCUT2D eigenvalue weighted by Crippen LogP contribution is 2.22. The maximum Gasteiger partial charge on any atom is 0.319 e. The summed E-state index contributed by atoms with van der Waals surface area (Å²) in [5, 5.41) is 5.81. The van der Waals surface area contributed by atoms with Gasteiger partial charge in [0.2, 0.25) is 11.8 Å². The van der Waals surface area contributed by atoms with Crippen LogP contribution < -0.4 is 10.6 Å². The van der Waals surface area contributed by atoms with Crippen LogP contribution >= 0.6 is 11.6 Å². The van der Waals surface area contributed by atoms with E-state index in [0.717, 1.165) is 5.56 Å². The molecule has 0 saturated carbocycles. The molecule has 0 bridgehead atoms. The Morgan fingerprint density at radius 1 is 1.23 bits per heavy atom. The van der Waals surface area contributed by atoms with Gasteiger partial charge in [0.25, 0.3) is 0 Å². The Morgan fingerprint density at radius 3 is 2.46 bits per heavy atom. The van der Waals surface area contributed by atoms with E-state index in [0.29, 0.717) is 36.6 Å². The Labute approximate surface area is 158 Å². The van der Waals surface area contributed by atoms with Crippen molar-refractivity contribution in [3.8, 4) is 0 Å². The van der Waals surface area contributed by atoms with Crippen molar-refractivity contribution >= 4 is 35.1 Å². The van der Waals surface area contributed by atoms with E-state index in [1.54, 1.807) is 31.1 Å². The molecular weight excluding hydrogens is 356 g/mol. The van der Waals surface area contributed by atoms with Crippen molar-refractivity contribution in [2.75, 3.05) is 39.0 Å². The number of piperidine rings is 1. The largest absolute Gasteiger partial charge is 0.347 e. The molecule has 0 aliphatic carbocycles. The standard InChI is InChI=1S/C18H25ClN4O3/c1-12-4-5-15(14(19)10-12)21-16(24)11-20-17(25)13-6-8-23(9-7-13)18(26)22(2)3/h4-5,10,13H,6-9,11H2,1-3H3,(H,20,25)(H,21,24). The number of hydrogen-bond acceptors (Lipinski definition) is 3. The van der Waals surface area contributed by atoms with Crippen LogP contribution in [0.15, 0.2) is 18.2 Å². The zero-order chi connectivity index (χ0) is 19.3. The van der Waals surface area contributed by atoms with Crippen LogP contribution in [0.3, 0.4) is 0 Å². The number of carbonyl (C=O) groups excluding carboxylic acids is 3. The second-order valence-electron chi connectivity index (χ2n) is 6.69. The molecule has 7 nitrogen and oxygen atoms in total. The van der Waals surface area contributed by atoms with Gasteiger partial charge >= 0.3 is 6.03 Å². The number of amides is 4.